The molecule has 1 aromatic rings. The smallest absolute Gasteiger partial charge is 0.252 e. The zero-order chi connectivity index (χ0) is 13.2. The van der Waals surface area contributed by atoms with Crippen LogP contribution >= 0.6 is 23.6 Å². The Labute approximate surface area is 108 Å². The molecule has 17 heavy (non-hydrogen) atoms. The van der Waals surface area contributed by atoms with E-state index in [4.69, 9.17) is 23.7 Å². The summed E-state index contributed by atoms with van der Waals surface area (Å²) in [5, 5.41) is 0. The molecule has 9 heteroatoms. The zero-order valence-electron chi connectivity index (χ0n) is 8.91. The van der Waals surface area contributed by atoms with Crippen molar-refractivity contribution in [3.8, 4) is 0 Å². The quantitative estimate of drug-likeness (QED) is 0.711. The average molecular weight is 293 g/mol. The lowest BCUT2D eigenvalue weighted by Gasteiger charge is -2.13. The third kappa shape index (κ3) is 3.22. The predicted molar refractivity (Wildman–Crippen MR) is 69.2 cm³/mol. The lowest BCUT2D eigenvalue weighted by molar-refractivity contribution is -0.118. The van der Waals surface area contributed by atoms with Gasteiger partial charge in [0, 0.05) is 7.05 Å². The van der Waals surface area contributed by atoms with Gasteiger partial charge in [-0.1, -0.05) is 12.2 Å². The Balaban J connectivity index is 3.04. The Bertz CT molecular complexity index is 549. The fraction of sp³-hybridized carbons (Fsp3) is 0.250. The molecule has 0 spiro atoms. The van der Waals surface area contributed by atoms with Crippen LogP contribution in [0.15, 0.2) is 16.3 Å². The van der Waals surface area contributed by atoms with Crippen molar-refractivity contribution in [2.24, 2.45) is 11.5 Å². The lowest BCUT2D eigenvalue weighted by atomic mass is 10.5. The number of carbonyl (C=O) groups is 1. The van der Waals surface area contributed by atoms with Crippen molar-refractivity contribution in [1.29, 1.82) is 0 Å². The molecule has 0 aliphatic carbocycles. The van der Waals surface area contributed by atoms with Crippen molar-refractivity contribution in [2.75, 3.05) is 13.6 Å². The van der Waals surface area contributed by atoms with Crippen LogP contribution in [0.1, 0.15) is 4.88 Å². The van der Waals surface area contributed by atoms with Gasteiger partial charge in [0.15, 0.2) is 0 Å². The minimum atomic E-state index is -3.71. The monoisotopic (exact) mass is 293 g/mol. The standard InChI is InChI=1S/C8H11N3O3S3/c1-11(4-6(9)12)17(13,14)7-3-2-5(16-7)8(10)15/h2-3H,4H2,1H3,(H2,9,12)(H2,10,15). The third-order valence-corrected chi connectivity index (χ3v) is 5.61. The second kappa shape index (κ2) is 5.08. The highest BCUT2D eigenvalue weighted by Gasteiger charge is 2.24. The number of primary amides is 1. The Morgan fingerprint density at radius 2 is 2.06 bits per heavy atom. The maximum Gasteiger partial charge on any atom is 0.252 e. The van der Waals surface area contributed by atoms with Crippen molar-refractivity contribution in [3.63, 3.8) is 0 Å². The predicted octanol–water partition coefficient (Wildman–Crippen LogP) is -0.512. The normalized spacial score (nSPS) is 11.6. The number of nitrogens with two attached hydrogens (primary N) is 2. The number of thiocarbonyl (C=S) groups is 1. The number of hydrogen-bond acceptors (Lipinski definition) is 5. The van der Waals surface area contributed by atoms with Crippen molar-refractivity contribution < 1.29 is 13.2 Å². The van der Waals surface area contributed by atoms with Crippen molar-refractivity contribution in [2.45, 2.75) is 4.21 Å². The molecule has 0 aromatic carbocycles. The van der Waals surface area contributed by atoms with Gasteiger partial charge in [-0.25, -0.2) is 8.42 Å². The van der Waals surface area contributed by atoms with Gasteiger partial charge in [0.2, 0.25) is 5.91 Å². The number of amides is 1. The molecule has 1 heterocycles. The van der Waals surface area contributed by atoms with Crippen LogP contribution in [0.25, 0.3) is 0 Å². The molecule has 0 bridgehead atoms. The number of sulfonamides is 1. The van der Waals surface area contributed by atoms with Gasteiger partial charge in [-0.2, -0.15) is 4.31 Å². The van der Waals surface area contributed by atoms with Crippen molar-refractivity contribution >= 4 is 44.5 Å². The van der Waals surface area contributed by atoms with Gasteiger partial charge in [0.05, 0.1) is 11.4 Å². The number of thiophene rings is 1. The lowest BCUT2D eigenvalue weighted by Crippen LogP contribution is -2.34. The Morgan fingerprint density at radius 3 is 2.47 bits per heavy atom. The first-order valence-electron chi connectivity index (χ1n) is 4.39. The first-order valence-corrected chi connectivity index (χ1v) is 7.06. The molecule has 0 fully saturated rings. The molecule has 1 aromatic heterocycles. The summed E-state index contributed by atoms with van der Waals surface area (Å²) in [4.78, 5) is 11.3. The molecular formula is C8H11N3O3S3. The highest BCUT2D eigenvalue weighted by molar-refractivity contribution is 7.91. The van der Waals surface area contributed by atoms with Crippen LogP contribution < -0.4 is 11.5 Å². The molecule has 0 atom stereocenters. The summed E-state index contributed by atoms with van der Waals surface area (Å²) in [5.74, 6) is -0.720. The van der Waals surface area contributed by atoms with Gasteiger partial charge in [-0.15, -0.1) is 11.3 Å². The summed E-state index contributed by atoms with van der Waals surface area (Å²) in [6, 6.07) is 2.92. The van der Waals surface area contributed by atoms with E-state index < -0.39 is 15.9 Å². The van der Waals surface area contributed by atoms with E-state index in [1.165, 1.54) is 19.2 Å². The van der Waals surface area contributed by atoms with E-state index in [2.05, 4.69) is 0 Å². The van der Waals surface area contributed by atoms with E-state index in [0.29, 0.717) is 4.88 Å². The van der Waals surface area contributed by atoms with Crippen LogP contribution in [0.2, 0.25) is 0 Å². The van der Waals surface area contributed by atoms with Crippen molar-refractivity contribution in [3.05, 3.63) is 17.0 Å². The van der Waals surface area contributed by atoms with Gasteiger partial charge in [-0.3, -0.25) is 4.79 Å². The van der Waals surface area contributed by atoms with Gasteiger partial charge in [0.25, 0.3) is 10.0 Å². The van der Waals surface area contributed by atoms with Crippen molar-refractivity contribution in [1.82, 2.24) is 4.31 Å². The Morgan fingerprint density at radius 1 is 1.47 bits per heavy atom. The van der Waals surface area contributed by atoms with Crippen LogP contribution in [0.5, 0.6) is 0 Å². The second-order valence-electron chi connectivity index (χ2n) is 3.21. The Hall–Kier alpha value is -1.03. The van der Waals surface area contributed by atoms with Gasteiger partial charge < -0.3 is 11.5 Å². The van der Waals surface area contributed by atoms with E-state index in [9.17, 15) is 13.2 Å². The minimum absolute atomic E-state index is 0.0732. The highest BCUT2D eigenvalue weighted by atomic mass is 32.2. The van der Waals surface area contributed by atoms with Crippen LogP contribution in [0.3, 0.4) is 0 Å². The molecule has 4 N–H and O–H groups in total. The van der Waals surface area contributed by atoms with Crippen LogP contribution in [-0.4, -0.2) is 37.2 Å². The van der Waals surface area contributed by atoms with E-state index in [-0.39, 0.29) is 15.7 Å². The number of likely N-dealkylation sites (N-methyl/N-ethyl adjacent to an activating group) is 1. The van der Waals surface area contributed by atoms with Gasteiger partial charge in [-0.05, 0) is 12.1 Å². The largest absolute Gasteiger partial charge is 0.389 e. The molecule has 0 saturated heterocycles. The number of carbonyl (C=O) groups excluding carboxylic acids is 1. The third-order valence-electron chi connectivity index (χ3n) is 1.87. The molecule has 0 aliphatic heterocycles. The second-order valence-corrected chi connectivity index (χ2v) is 7.01. The summed E-state index contributed by atoms with van der Waals surface area (Å²) in [5.41, 5.74) is 10.3. The molecule has 94 valence electrons. The molecule has 0 aliphatic rings. The maximum absolute atomic E-state index is 11.9. The SMILES string of the molecule is CN(CC(N)=O)S(=O)(=O)c1ccc(C(N)=S)s1. The fourth-order valence-corrected chi connectivity index (χ4v) is 3.75. The number of rotatable bonds is 5. The van der Waals surface area contributed by atoms with Crippen LogP contribution in [0.4, 0.5) is 0 Å². The van der Waals surface area contributed by atoms with E-state index in [1.807, 2.05) is 0 Å². The molecule has 0 radical (unpaired) electrons. The summed E-state index contributed by atoms with van der Waals surface area (Å²) in [6.45, 7) is -0.372. The first-order chi connectivity index (χ1) is 7.75. The van der Waals surface area contributed by atoms with Crippen LogP contribution in [0, 0.1) is 0 Å². The topological polar surface area (TPSA) is 106 Å². The molecule has 0 unspecified atom stereocenters. The number of nitrogens with zero attached hydrogens (tertiary/aromatic N) is 1. The summed E-state index contributed by atoms with van der Waals surface area (Å²) >= 11 is 5.69. The maximum atomic E-state index is 11.9. The summed E-state index contributed by atoms with van der Waals surface area (Å²) in [7, 11) is -2.43. The van der Waals surface area contributed by atoms with Crippen LogP contribution in [-0.2, 0) is 14.8 Å². The zero-order valence-corrected chi connectivity index (χ0v) is 11.4. The molecule has 1 amide bonds. The summed E-state index contributed by atoms with van der Waals surface area (Å²) in [6.07, 6.45) is 0. The molecule has 0 saturated carbocycles. The molecule has 6 nitrogen and oxygen atoms in total. The van der Waals surface area contributed by atoms with E-state index >= 15 is 0 Å². The number of hydrogen-bond donors (Lipinski definition) is 2. The van der Waals surface area contributed by atoms with Gasteiger partial charge in [0.1, 0.15) is 9.20 Å². The molecular weight excluding hydrogens is 282 g/mol. The van der Waals surface area contributed by atoms with E-state index in [1.54, 1.807) is 0 Å². The summed E-state index contributed by atoms with van der Waals surface area (Å²) < 4.78 is 24.8. The van der Waals surface area contributed by atoms with Gasteiger partial charge >= 0.3 is 0 Å². The van der Waals surface area contributed by atoms with E-state index in [0.717, 1.165) is 15.6 Å². The first kappa shape index (κ1) is 14.0. The minimum Gasteiger partial charge on any atom is -0.389 e. The fourth-order valence-electron chi connectivity index (χ4n) is 1.05. The molecule has 1 rings (SSSR count). The highest BCUT2D eigenvalue weighted by Crippen LogP contribution is 2.23. The average Bonchev–Trinajstić information content (AvgIpc) is 2.65. The Kier molecular flexibility index (Phi) is 4.20.